The number of hydrogen-bond donors (Lipinski definition) is 1. The second-order valence-corrected chi connectivity index (χ2v) is 4.70. The van der Waals surface area contributed by atoms with Crippen LogP contribution in [0.25, 0.3) is 22.0 Å². The smallest absolute Gasteiger partial charge is 0.415 e. The summed E-state index contributed by atoms with van der Waals surface area (Å²) < 4.78 is 2.90. The van der Waals surface area contributed by atoms with Crippen molar-refractivity contribution in [3.8, 4) is 11.1 Å². The minimum atomic E-state index is -1.08. The van der Waals surface area contributed by atoms with E-state index < -0.39 is 11.0 Å². The van der Waals surface area contributed by atoms with Crippen LogP contribution in [0.15, 0.2) is 42.9 Å². The number of aromatic nitrogens is 2. The van der Waals surface area contributed by atoms with Crippen LogP contribution in [0.4, 0.5) is 10.5 Å². The lowest BCUT2D eigenvalue weighted by atomic mass is 10.1. The predicted octanol–water partition coefficient (Wildman–Crippen LogP) is 3.08. The number of nitro groups is 1. The monoisotopic (exact) mass is 285 g/mol. The number of non-ortho nitro benzene ring substituents is 1. The number of nitro benzene ring substituents is 1. The molecule has 1 N–H and O–H groups in total. The molecule has 0 saturated heterocycles. The number of carbonyl (C=O) groups is 1. The van der Waals surface area contributed by atoms with Crippen molar-refractivity contribution in [2.45, 2.75) is 0 Å². The van der Waals surface area contributed by atoms with Crippen molar-refractivity contribution < 1.29 is 14.8 Å². The van der Waals surface area contributed by atoms with Gasteiger partial charge >= 0.3 is 6.09 Å². The van der Waals surface area contributed by atoms with Gasteiger partial charge in [-0.05, 0) is 12.1 Å². The van der Waals surface area contributed by atoms with E-state index in [0.717, 1.165) is 21.0 Å². The summed E-state index contributed by atoms with van der Waals surface area (Å²) >= 11 is 0. The van der Waals surface area contributed by atoms with E-state index in [9.17, 15) is 14.9 Å². The van der Waals surface area contributed by atoms with E-state index in [-0.39, 0.29) is 5.69 Å². The van der Waals surface area contributed by atoms with Crippen LogP contribution in [0.3, 0.4) is 0 Å². The molecule has 0 atom stereocenters. The average Bonchev–Trinajstić information content (AvgIpc) is 3.03. The zero-order chi connectivity index (χ0) is 15.1. The first-order valence-corrected chi connectivity index (χ1v) is 6.12. The Morgan fingerprint density at radius 3 is 2.67 bits per heavy atom. The molecule has 0 spiro atoms. The molecule has 0 aliphatic heterocycles. The quantitative estimate of drug-likeness (QED) is 0.578. The van der Waals surface area contributed by atoms with Crippen molar-refractivity contribution in [1.29, 1.82) is 0 Å². The Balaban J connectivity index is 2.23. The van der Waals surface area contributed by atoms with Crippen molar-refractivity contribution in [2.24, 2.45) is 7.05 Å². The van der Waals surface area contributed by atoms with Gasteiger partial charge in [0.15, 0.2) is 0 Å². The van der Waals surface area contributed by atoms with Crippen molar-refractivity contribution in [3.05, 3.63) is 53.0 Å². The second-order valence-electron chi connectivity index (χ2n) is 4.70. The van der Waals surface area contributed by atoms with Crippen LogP contribution in [0.1, 0.15) is 0 Å². The van der Waals surface area contributed by atoms with Gasteiger partial charge in [-0.15, -0.1) is 0 Å². The van der Waals surface area contributed by atoms with Crippen molar-refractivity contribution >= 4 is 22.7 Å². The first-order valence-electron chi connectivity index (χ1n) is 6.12. The van der Waals surface area contributed by atoms with Crippen LogP contribution in [-0.4, -0.2) is 25.3 Å². The molecular weight excluding hydrogens is 274 g/mol. The van der Waals surface area contributed by atoms with Gasteiger partial charge in [0.05, 0.1) is 4.92 Å². The Morgan fingerprint density at radius 2 is 2.05 bits per heavy atom. The Bertz CT molecular complexity index is 876. The SMILES string of the molecule is Cn1cc(-c2ccn(C(=O)O)c2)c2cc([N+](=O)[O-])ccc21. The highest BCUT2D eigenvalue weighted by Crippen LogP contribution is 2.32. The highest BCUT2D eigenvalue weighted by atomic mass is 16.6. The maximum Gasteiger partial charge on any atom is 0.415 e. The Labute approximate surface area is 118 Å². The van der Waals surface area contributed by atoms with Crippen molar-refractivity contribution in [2.75, 3.05) is 0 Å². The molecule has 106 valence electrons. The lowest BCUT2D eigenvalue weighted by Gasteiger charge is -1.97. The van der Waals surface area contributed by atoms with Gasteiger partial charge < -0.3 is 9.67 Å². The third-order valence-corrected chi connectivity index (χ3v) is 3.41. The first kappa shape index (κ1) is 12.9. The topological polar surface area (TPSA) is 90.3 Å². The third-order valence-electron chi connectivity index (χ3n) is 3.41. The van der Waals surface area contributed by atoms with Gasteiger partial charge in [-0.2, -0.15) is 0 Å². The molecule has 1 aromatic carbocycles. The maximum atomic E-state index is 10.9. The van der Waals surface area contributed by atoms with Crippen molar-refractivity contribution in [1.82, 2.24) is 9.13 Å². The molecule has 0 saturated carbocycles. The van der Waals surface area contributed by atoms with E-state index in [1.54, 1.807) is 12.1 Å². The zero-order valence-corrected chi connectivity index (χ0v) is 11.1. The van der Waals surface area contributed by atoms with E-state index in [0.29, 0.717) is 5.56 Å². The summed E-state index contributed by atoms with van der Waals surface area (Å²) in [7, 11) is 1.84. The Hall–Kier alpha value is -3.09. The van der Waals surface area contributed by atoms with Crippen LogP contribution in [0.2, 0.25) is 0 Å². The van der Waals surface area contributed by atoms with E-state index in [1.807, 2.05) is 17.8 Å². The highest BCUT2D eigenvalue weighted by molar-refractivity contribution is 5.97. The molecule has 3 aromatic rings. The number of fused-ring (bicyclic) bond motifs is 1. The van der Waals surface area contributed by atoms with E-state index in [1.165, 1.54) is 24.5 Å². The molecular formula is C14H11N3O4. The van der Waals surface area contributed by atoms with E-state index >= 15 is 0 Å². The summed E-state index contributed by atoms with van der Waals surface area (Å²) in [5, 5.41) is 20.6. The molecule has 0 bridgehead atoms. The molecule has 0 aliphatic carbocycles. The van der Waals surface area contributed by atoms with Crippen LogP contribution < -0.4 is 0 Å². The van der Waals surface area contributed by atoms with Gasteiger partial charge in [0, 0.05) is 59.8 Å². The third kappa shape index (κ3) is 2.04. The van der Waals surface area contributed by atoms with Gasteiger partial charge in [0.25, 0.3) is 5.69 Å². The van der Waals surface area contributed by atoms with E-state index in [2.05, 4.69) is 0 Å². The minimum absolute atomic E-state index is 0.00705. The molecule has 2 aromatic heterocycles. The molecule has 7 heteroatoms. The molecule has 0 unspecified atom stereocenters. The van der Waals surface area contributed by atoms with Crippen LogP contribution in [0, 0.1) is 10.1 Å². The number of carboxylic acid groups (broad SMARTS) is 1. The van der Waals surface area contributed by atoms with Gasteiger partial charge in [-0.3, -0.25) is 14.7 Å². The lowest BCUT2D eigenvalue weighted by molar-refractivity contribution is -0.384. The molecule has 3 rings (SSSR count). The molecule has 0 fully saturated rings. The van der Waals surface area contributed by atoms with Gasteiger partial charge in [-0.1, -0.05) is 0 Å². The van der Waals surface area contributed by atoms with E-state index in [4.69, 9.17) is 5.11 Å². The average molecular weight is 285 g/mol. The predicted molar refractivity (Wildman–Crippen MR) is 76.4 cm³/mol. The zero-order valence-electron chi connectivity index (χ0n) is 11.1. The van der Waals surface area contributed by atoms with Gasteiger partial charge in [-0.25, -0.2) is 4.79 Å². The first-order chi connectivity index (χ1) is 9.97. The van der Waals surface area contributed by atoms with Crippen LogP contribution in [0.5, 0.6) is 0 Å². The number of benzene rings is 1. The molecule has 21 heavy (non-hydrogen) atoms. The highest BCUT2D eigenvalue weighted by Gasteiger charge is 2.14. The number of rotatable bonds is 2. The van der Waals surface area contributed by atoms with Gasteiger partial charge in [0.2, 0.25) is 0 Å². The fourth-order valence-corrected chi connectivity index (χ4v) is 2.40. The Morgan fingerprint density at radius 1 is 1.29 bits per heavy atom. The summed E-state index contributed by atoms with van der Waals surface area (Å²) in [6, 6.07) is 6.31. The largest absolute Gasteiger partial charge is 0.464 e. The van der Waals surface area contributed by atoms with Crippen LogP contribution >= 0.6 is 0 Å². The minimum Gasteiger partial charge on any atom is -0.464 e. The lowest BCUT2D eigenvalue weighted by Crippen LogP contribution is -2.03. The van der Waals surface area contributed by atoms with Crippen LogP contribution in [-0.2, 0) is 7.05 Å². The molecule has 0 amide bonds. The fraction of sp³-hybridized carbons (Fsp3) is 0.0714. The fourth-order valence-electron chi connectivity index (χ4n) is 2.40. The standard InChI is InChI=1S/C14H11N3O4/c1-15-8-12(9-4-5-16(7-9)14(18)19)11-6-10(17(20)21)2-3-13(11)15/h2-8H,1H3,(H,18,19). The number of aryl methyl sites for hydroxylation is 1. The Kier molecular flexibility index (Phi) is 2.76. The normalized spacial score (nSPS) is 10.9. The molecule has 2 heterocycles. The summed E-state index contributed by atoms with van der Waals surface area (Å²) in [5.74, 6) is 0. The summed E-state index contributed by atoms with van der Waals surface area (Å²) in [6.45, 7) is 0. The molecule has 0 aliphatic rings. The second kappa shape index (κ2) is 4.48. The summed E-state index contributed by atoms with van der Waals surface area (Å²) in [4.78, 5) is 21.4. The summed E-state index contributed by atoms with van der Waals surface area (Å²) in [6.07, 6.45) is 3.67. The maximum absolute atomic E-state index is 10.9. The summed E-state index contributed by atoms with van der Waals surface area (Å²) in [5.41, 5.74) is 2.31. The van der Waals surface area contributed by atoms with Gasteiger partial charge in [0.1, 0.15) is 0 Å². The van der Waals surface area contributed by atoms with Crippen molar-refractivity contribution in [3.63, 3.8) is 0 Å². The number of nitrogens with zero attached hydrogens (tertiary/aromatic N) is 3. The number of hydrogen-bond acceptors (Lipinski definition) is 3. The molecule has 7 nitrogen and oxygen atoms in total. The molecule has 0 radical (unpaired) electrons.